The number of rotatable bonds is 6. The maximum Gasteiger partial charge on any atom is 0.267 e. The van der Waals surface area contributed by atoms with E-state index in [9.17, 15) is 22.0 Å². The van der Waals surface area contributed by atoms with E-state index in [1.807, 2.05) is 13.0 Å². The smallest absolute Gasteiger partial charge is 0.267 e. The quantitative estimate of drug-likeness (QED) is 0.579. The minimum absolute atomic E-state index is 0.0683. The van der Waals surface area contributed by atoms with Gasteiger partial charge in [-0.3, -0.25) is 9.10 Å². The topological polar surface area (TPSA) is 66.5 Å². The standard InChI is InChI=1S/C23H22F2N2O3S/c1-4-27(19-7-5-6-15(2)12-19)31(29,30)22-13-17(9-11-20(22)24)23(28)26-18-10-8-16(3)21(25)14-18/h5-14H,4H2,1-3H3,(H,26,28). The van der Waals surface area contributed by atoms with Crippen LogP contribution in [0.1, 0.15) is 28.4 Å². The van der Waals surface area contributed by atoms with Crippen LogP contribution in [-0.4, -0.2) is 20.9 Å². The summed E-state index contributed by atoms with van der Waals surface area (Å²) in [4.78, 5) is 12.0. The SMILES string of the molecule is CCN(c1cccc(C)c1)S(=O)(=O)c1cc(C(=O)Nc2ccc(C)c(F)c2)ccc1F. The zero-order valence-electron chi connectivity index (χ0n) is 17.3. The number of sulfonamides is 1. The Balaban J connectivity index is 1.97. The highest BCUT2D eigenvalue weighted by Crippen LogP contribution is 2.27. The second kappa shape index (κ2) is 8.85. The van der Waals surface area contributed by atoms with Gasteiger partial charge in [-0.2, -0.15) is 0 Å². The van der Waals surface area contributed by atoms with Gasteiger partial charge in [0.15, 0.2) is 0 Å². The number of carbonyl (C=O) groups excluding carboxylic acids is 1. The summed E-state index contributed by atoms with van der Waals surface area (Å²) in [7, 11) is -4.27. The minimum Gasteiger partial charge on any atom is -0.322 e. The lowest BCUT2D eigenvalue weighted by Crippen LogP contribution is -2.31. The first kappa shape index (κ1) is 22.4. The number of nitrogens with one attached hydrogen (secondary N) is 1. The third kappa shape index (κ3) is 4.74. The molecule has 3 aromatic rings. The summed E-state index contributed by atoms with van der Waals surface area (Å²) in [5, 5.41) is 2.50. The van der Waals surface area contributed by atoms with Crippen LogP contribution in [0.2, 0.25) is 0 Å². The van der Waals surface area contributed by atoms with E-state index in [2.05, 4.69) is 5.32 Å². The average molecular weight is 445 g/mol. The summed E-state index contributed by atoms with van der Waals surface area (Å²) in [5.74, 6) is -2.14. The van der Waals surface area contributed by atoms with E-state index in [1.54, 1.807) is 32.0 Å². The van der Waals surface area contributed by atoms with E-state index in [4.69, 9.17) is 0 Å². The molecule has 0 saturated carbocycles. The average Bonchev–Trinajstić information content (AvgIpc) is 2.71. The highest BCUT2D eigenvalue weighted by Gasteiger charge is 2.28. The van der Waals surface area contributed by atoms with Gasteiger partial charge in [-0.1, -0.05) is 18.2 Å². The van der Waals surface area contributed by atoms with Gasteiger partial charge in [0.1, 0.15) is 16.5 Å². The molecule has 3 aromatic carbocycles. The number of benzene rings is 3. The molecular weight excluding hydrogens is 422 g/mol. The van der Waals surface area contributed by atoms with Crippen molar-refractivity contribution in [3.8, 4) is 0 Å². The number of aryl methyl sites for hydroxylation is 2. The van der Waals surface area contributed by atoms with E-state index in [0.29, 0.717) is 11.3 Å². The summed E-state index contributed by atoms with van der Waals surface area (Å²) in [6, 6.07) is 14.1. The van der Waals surface area contributed by atoms with Crippen LogP contribution in [0.25, 0.3) is 0 Å². The van der Waals surface area contributed by atoms with Gasteiger partial charge in [-0.05, 0) is 74.4 Å². The summed E-state index contributed by atoms with van der Waals surface area (Å²) in [6.45, 7) is 5.12. The molecule has 5 nitrogen and oxygen atoms in total. The Kier molecular flexibility index (Phi) is 6.40. The van der Waals surface area contributed by atoms with Crippen LogP contribution in [0.3, 0.4) is 0 Å². The molecule has 0 bridgehead atoms. The fourth-order valence-electron chi connectivity index (χ4n) is 3.11. The van der Waals surface area contributed by atoms with Crippen LogP contribution in [0, 0.1) is 25.5 Å². The molecule has 0 atom stereocenters. The number of hydrogen-bond donors (Lipinski definition) is 1. The molecule has 0 aliphatic carbocycles. The highest BCUT2D eigenvalue weighted by atomic mass is 32.2. The van der Waals surface area contributed by atoms with E-state index in [-0.39, 0.29) is 17.8 Å². The fourth-order valence-corrected chi connectivity index (χ4v) is 4.67. The largest absolute Gasteiger partial charge is 0.322 e. The number of halogens is 2. The highest BCUT2D eigenvalue weighted by molar-refractivity contribution is 7.92. The van der Waals surface area contributed by atoms with Gasteiger partial charge in [0.05, 0.1) is 5.69 Å². The van der Waals surface area contributed by atoms with E-state index in [1.165, 1.54) is 18.2 Å². The van der Waals surface area contributed by atoms with Crippen LogP contribution in [0.4, 0.5) is 20.2 Å². The molecule has 1 N–H and O–H groups in total. The molecule has 162 valence electrons. The van der Waals surface area contributed by atoms with Crippen molar-refractivity contribution in [3.63, 3.8) is 0 Å². The van der Waals surface area contributed by atoms with Crippen LogP contribution in [-0.2, 0) is 10.0 Å². The van der Waals surface area contributed by atoms with Crippen LogP contribution in [0.15, 0.2) is 65.6 Å². The number of carbonyl (C=O) groups is 1. The Hall–Kier alpha value is -3.26. The number of nitrogens with zero attached hydrogens (tertiary/aromatic N) is 1. The number of anilines is 2. The first-order chi connectivity index (χ1) is 14.6. The van der Waals surface area contributed by atoms with Gasteiger partial charge >= 0.3 is 0 Å². The molecule has 0 unspecified atom stereocenters. The predicted molar refractivity (Wildman–Crippen MR) is 117 cm³/mol. The van der Waals surface area contributed by atoms with Gasteiger partial charge in [0, 0.05) is 17.8 Å². The molecule has 0 heterocycles. The van der Waals surface area contributed by atoms with Crippen LogP contribution in [0.5, 0.6) is 0 Å². The first-order valence-corrected chi connectivity index (χ1v) is 11.0. The zero-order chi connectivity index (χ0) is 22.8. The summed E-state index contributed by atoms with van der Waals surface area (Å²) >= 11 is 0. The van der Waals surface area contributed by atoms with E-state index >= 15 is 0 Å². The molecule has 0 aromatic heterocycles. The summed E-state index contributed by atoms with van der Waals surface area (Å²) in [5.41, 5.74) is 1.80. The lowest BCUT2D eigenvalue weighted by Gasteiger charge is -2.23. The maximum absolute atomic E-state index is 14.6. The second-order valence-corrected chi connectivity index (χ2v) is 8.90. The van der Waals surface area contributed by atoms with Crippen molar-refractivity contribution in [1.29, 1.82) is 0 Å². The van der Waals surface area contributed by atoms with Crippen LogP contribution < -0.4 is 9.62 Å². The molecule has 8 heteroatoms. The Morgan fingerprint density at radius 3 is 2.35 bits per heavy atom. The Morgan fingerprint density at radius 2 is 1.71 bits per heavy atom. The monoisotopic (exact) mass is 444 g/mol. The van der Waals surface area contributed by atoms with Crippen molar-refractivity contribution in [3.05, 3.63) is 89.0 Å². The third-order valence-electron chi connectivity index (χ3n) is 4.77. The third-order valence-corrected chi connectivity index (χ3v) is 6.69. The minimum atomic E-state index is -4.27. The molecular formula is C23H22F2N2O3S. The fraction of sp³-hybridized carbons (Fsp3) is 0.174. The molecule has 0 aliphatic heterocycles. The molecule has 0 fully saturated rings. The molecule has 31 heavy (non-hydrogen) atoms. The van der Waals surface area contributed by atoms with Gasteiger partial charge in [0.25, 0.3) is 15.9 Å². The van der Waals surface area contributed by atoms with Crippen molar-refractivity contribution >= 4 is 27.3 Å². The number of hydrogen-bond acceptors (Lipinski definition) is 3. The molecule has 0 aliphatic rings. The maximum atomic E-state index is 14.6. The van der Waals surface area contributed by atoms with Gasteiger partial charge in [-0.15, -0.1) is 0 Å². The van der Waals surface area contributed by atoms with Gasteiger partial charge < -0.3 is 5.32 Å². The molecule has 0 spiro atoms. The normalized spacial score (nSPS) is 11.3. The molecule has 3 rings (SSSR count). The van der Waals surface area contributed by atoms with Crippen molar-refractivity contribution in [2.75, 3.05) is 16.2 Å². The van der Waals surface area contributed by atoms with Crippen molar-refractivity contribution in [2.24, 2.45) is 0 Å². The van der Waals surface area contributed by atoms with E-state index < -0.39 is 32.5 Å². The van der Waals surface area contributed by atoms with Crippen molar-refractivity contribution < 1.29 is 22.0 Å². The first-order valence-electron chi connectivity index (χ1n) is 9.60. The van der Waals surface area contributed by atoms with Crippen molar-refractivity contribution in [1.82, 2.24) is 0 Å². The van der Waals surface area contributed by atoms with Gasteiger partial charge in [-0.25, -0.2) is 17.2 Å². The summed E-state index contributed by atoms with van der Waals surface area (Å²) in [6.07, 6.45) is 0. The Bertz CT molecular complexity index is 1240. The van der Waals surface area contributed by atoms with Gasteiger partial charge in [0.2, 0.25) is 0 Å². The lowest BCUT2D eigenvalue weighted by atomic mass is 10.2. The van der Waals surface area contributed by atoms with Crippen LogP contribution >= 0.6 is 0 Å². The molecule has 1 amide bonds. The molecule has 0 saturated heterocycles. The zero-order valence-corrected chi connectivity index (χ0v) is 18.1. The molecule has 0 radical (unpaired) electrons. The Morgan fingerprint density at radius 1 is 0.968 bits per heavy atom. The predicted octanol–water partition coefficient (Wildman–Crippen LogP) is 5.05. The lowest BCUT2D eigenvalue weighted by molar-refractivity contribution is 0.102. The van der Waals surface area contributed by atoms with E-state index in [0.717, 1.165) is 28.1 Å². The summed E-state index contributed by atoms with van der Waals surface area (Å²) < 4.78 is 55.8. The van der Waals surface area contributed by atoms with Crippen molar-refractivity contribution in [2.45, 2.75) is 25.7 Å². The Labute approximate surface area is 180 Å². The number of amides is 1. The second-order valence-electron chi connectivity index (χ2n) is 7.07.